The van der Waals surface area contributed by atoms with Crippen molar-refractivity contribution < 1.29 is 14.7 Å². The third-order valence-electron chi connectivity index (χ3n) is 3.24. The number of carbonyl (C=O) groups is 2. The number of fused-ring (bicyclic) bond motifs is 1. The van der Waals surface area contributed by atoms with Crippen LogP contribution in [0.5, 0.6) is 0 Å². The van der Waals surface area contributed by atoms with E-state index in [4.69, 9.17) is 5.11 Å². The highest BCUT2D eigenvalue weighted by molar-refractivity contribution is 5.88. The Labute approximate surface area is 130 Å². The molecule has 0 unspecified atom stereocenters. The zero-order chi connectivity index (χ0) is 16.4. The van der Waals surface area contributed by atoms with E-state index in [2.05, 4.69) is 20.6 Å². The van der Waals surface area contributed by atoms with Crippen LogP contribution < -0.4 is 10.6 Å². The average molecular weight is 311 g/mol. The number of carboxylic acids is 1. The maximum Gasteiger partial charge on any atom is 0.356 e. The number of imidazole rings is 1. The molecule has 0 aliphatic heterocycles. The van der Waals surface area contributed by atoms with Crippen molar-refractivity contribution in [3.8, 4) is 11.1 Å². The number of aromatic carboxylic acids is 1. The summed E-state index contributed by atoms with van der Waals surface area (Å²) in [6.07, 6.45) is 4.86. The minimum atomic E-state index is -1.07. The van der Waals surface area contributed by atoms with Gasteiger partial charge in [-0.2, -0.15) is 0 Å². The smallest absolute Gasteiger partial charge is 0.356 e. The SMILES string of the molecule is CNC(=O)Nc1ccc(-c2ccc3nc(C(=O)O)cn3c2)cn1. The highest BCUT2D eigenvalue weighted by atomic mass is 16.4. The van der Waals surface area contributed by atoms with Crippen molar-refractivity contribution in [2.24, 2.45) is 0 Å². The summed E-state index contributed by atoms with van der Waals surface area (Å²) in [6.45, 7) is 0. The molecule has 23 heavy (non-hydrogen) atoms. The molecule has 0 bridgehead atoms. The molecule has 0 spiro atoms. The zero-order valence-electron chi connectivity index (χ0n) is 12.1. The minimum absolute atomic E-state index is 0.00889. The first kappa shape index (κ1) is 14.5. The van der Waals surface area contributed by atoms with Crippen LogP contribution in [0.1, 0.15) is 10.5 Å². The van der Waals surface area contributed by atoms with E-state index < -0.39 is 5.97 Å². The van der Waals surface area contributed by atoms with E-state index in [0.717, 1.165) is 11.1 Å². The van der Waals surface area contributed by atoms with Crippen LogP contribution in [-0.4, -0.2) is 38.5 Å². The van der Waals surface area contributed by atoms with Crippen molar-refractivity contribution in [3.05, 3.63) is 48.5 Å². The second-order valence-electron chi connectivity index (χ2n) is 4.75. The van der Waals surface area contributed by atoms with Crippen LogP contribution in [0.15, 0.2) is 42.9 Å². The zero-order valence-corrected chi connectivity index (χ0v) is 12.1. The average Bonchev–Trinajstić information content (AvgIpc) is 2.99. The lowest BCUT2D eigenvalue weighted by molar-refractivity contribution is 0.0691. The number of nitrogens with zero attached hydrogens (tertiary/aromatic N) is 3. The number of urea groups is 1. The van der Waals surface area contributed by atoms with Crippen molar-refractivity contribution >= 4 is 23.5 Å². The van der Waals surface area contributed by atoms with E-state index >= 15 is 0 Å². The summed E-state index contributed by atoms with van der Waals surface area (Å²) in [7, 11) is 1.52. The van der Waals surface area contributed by atoms with Gasteiger partial charge in [0, 0.05) is 31.2 Å². The number of carboxylic acid groups (broad SMARTS) is 1. The fraction of sp³-hybridized carbons (Fsp3) is 0.0667. The third kappa shape index (κ3) is 2.95. The molecule has 0 fully saturated rings. The molecule has 0 atom stereocenters. The molecule has 3 heterocycles. The second kappa shape index (κ2) is 5.76. The fourth-order valence-electron chi connectivity index (χ4n) is 2.08. The highest BCUT2D eigenvalue weighted by Gasteiger charge is 2.09. The molecule has 0 saturated carbocycles. The van der Waals surface area contributed by atoms with Crippen molar-refractivity contribution in [2.45, 2.75) is 0 Å². The predicted molar refractivity (Wildman–Crippen MR) is 83.5 cm³/mol. The normalized spacial score (nSPS) is 10.5. The Kier molecular flexibility index (Phi) is 3.63. The molecule has 3 aromatic heterocycles. The van der Waals surface area contributed by atoms with Crippen molar-refractivity contribution in [1.29, 1.82) is 0 Å². The van der Waals surface area contributed by atoms with E-state index in [1.165, 1.54) is 13.2 Å². The number of carbonyl (C=O) groups excluding carboxylic acids is 1. The van der Waals surface area contributed by atoms with Gasteiger partial charge in [-0.1, -0.05) is 0 Å². The molecule has 0 aliphatic rings. The molecule has 116 valence electrons. The number of rotatable bonds is 3. The van der Waals surface area contributed by atoms with Gasteiger partial charge in [-0.3, -0.25) is 5.32 Å². The number of anilines is 1. The predicted octanol–water partition coefficient (Wildman–Crippen LogP) is 1.85. The quantitative estimate of drug-likeness (QED) is 0.684. The van der Waals surface area contributed by atoms with Crippen LogP contribution >= 0.6 is 0 Å². The summed E-state index contributed by atoms with van der Waals surface area (Å²) in [5, 5.41) is 14.0. The summed E-state index contributed by atoms with van der Waals surface area (Å²) in [4.78, 5) is 30.3. The second-order valence-corrected chi connectivity index (χ2v) is 4.75. The molecule has 8 heteroatoms. The van der Waals surface area contributed by atoms with E-state index in [1.54, 1.807) is 28.9 Å². The van der Waals surface area contributed by atoms with Crippen LogP contribution in [0.3, 0.4) is 0 Å². The van der Waals surface area contributed by atoms with Crippen molar-refractivity contribution in [3.63, 3.8) is 0 Å². The Bertz CT molecular complexity index is 886. The number of pyridine rings is 2. The fourth-order valence-corrected chi connectivity index (χ4v) is 2.08. The van der Waals surface area contributed by atoms with Gasteiger partial charge < -0.3 is 14.8 Å². The van der Waals surface area contributed by atoms with E-state index in [0.29, 0.717) is 11.5 Å². The van der Waals surface area contributed by atoms with Crippen LogP contribution in [-0.2, 0) is 0 Å². The van der Waals surface area contributed by atoms with Gasteiger partial charge in [0.25, 0.3) is 0 Å². The summed E-state index contributed by atoms with van der Waals surface area (Å²) >= 11 is 0. The highest BCUT2D eigenvalue weighted by Crippen LogP contribution is 2.20. The molecule has 3 N–H and O–H groups in total. The van der Waals surface area contributed by atoms with Crippen LogP contribution in [0.25, 0.3) is 16.8 Å². The first-order chi connectivity index (χ1) is 11.1. The number of hydrogen-bond acceptors (Lipinski definition) is 4. The van der Waals surface area contributed by atoms with Crippen molar-refractivity contribution in [2.75, 3.05) is 12.4 Å². The molecule has 2 amide bonds. The standard InChI is InChI=1S/C15H13N5O3/c1-16-15(23)19-12-4-2-9(6-17-12)10-3-5-13-18-11(14(21)22)8-20(13)7-10/h2-8H,1H3,(H,21,22)(H2,16,17,19,23). The monoisotopic (exact) mass is 311 g/mol. The Balaban J connectivity index is 1.90. The molecule has 0 aromatic carbocycles. The lowest BCUT2D eigenvalue weighted by Crippen LogP contribution is -2.24. The number of nitrogens with one attached hydrogen (secondary N) is 2. The molecule has 0 saturated heterocycles. The summed E-state index contributed by atoms with van der Waals surface area (Å²) in [6, 6.07) is 6.72. The minimum Gasteiger partial charge on any atom is -0.476 e. The van der Waals surface area contributed by atoms with Gasteiger partial charge in [-0.15, -0.1) is 0 Å². The van der Waals surface area contributed by atoms with Gasteiger partial charge in [0.05, 0.1) is 0 Å². The Morgan fingerprint density at radius 3 is 2.57 bits per heavy atom. The molecule has 0 radical (unpaired) electrons. The lowest BCUT2D eigenvalue weighted by Gasteiger charge is -2.05. The Morgan fingerprint density at radius 1 is 1.13 bits per heavy atom. The largest absolute Gasteiger partial charge is 0.476 e. The molecular formula is C15H13N5O3. The van der Waals surface area contributed by atoms with E-state index in [-0.39, 0.29) is 11.7 Å². The van der Waals surface area contributed by atoms with Gasteiger partial charge in [-0.05, 0) is 29.8 Å². The van der Waals surface area contributed by atoms with Gasteiger partial charge >= 0.3 is 12.0 Å². The van der Waals surface area contributed by atoms with Crippen molar-refractivity contribution in [1.82, 2.24) is 19.7 Å². The van der Waals surface area contributed by atoms with Gasteiger partial charge in [0.2, 0.25) is 0 Å². The summed E-state index contributed by atoms with van der Waals surface area (Å²) in [5.74, 6) is -0.633. The third-order valence-corrected chi connectivity index (χ3v) is 3.24. The number of hydrogen-bond donors (Lipinski definition) is 3. The van der Waals surface area contributed by atoms with E-state index in [1.807, 2.05) is 12.1 Å². The lowest BCUT2D eigenvalue weighted by atomic mass is 10.1. The molecule has 3 rings (SSSR count). The van der Waals surface area contributed by atoms with Gasteiger partial charge in [-0.25, -0.2) is 19.6 Å². The number of amides is 2. The molecule has 8 nitrogen and oxygen atoms in total. The van der Waals surface area contributed by atoms with Crippen LogP contribution in [0.4, 0.5) is 10.6 Å². The first-order valence-corrected chi connectivity index (χ1v) is 6.74. The molecule has 0 aliphatic carbocycles. The van der Waals surface area contributed by atoms with Crippen LogP contribution in [0.2, 0.25) is 0 Å². The summed E-state index contributed by atoms with van der Waals surface area (Å²) < 4.78 is 1.65. The van der Waals surface area contributed by atoms with Gasteiger partial charge in [0.1, 0.15) is 11.5 Å². The van der Waals surface area contributed by atoms with Gasteiger partial charge in [0.15, 0.2) is 5.69 Å². The van der Waals surface area contributed by atoms with E-state index in [9.17, 15) is 9.59 Å². The Hall–Kier alpha value is -3.42. The summed E-state index contributed by atoms with van der Waals surface area (Å²) in [5.41, 5.74) is 2.23. The first-order valence-electron chi connectivity index (χ1n) is 6.74. The number of aromatic nitrogens is 3. The van der Waals surface area contributed by atoms with Crippen LogP contribution in [0, 0.1) is 0 Å². The molecular weight excluding hydrogens is 298 g/mol. The maximum absolute atomic E-state index is 11.2. The topological polar surface area (TPSA) is 109 Å². The molecule has 3 aromatic rings. The maximum atomic E-state index is 11.2. The Morgan fingerprint density at radius 2 is 1.91 bits per heavy atom.